The molecule has 2 aromatic heterocycles. The Labute approximate surface area is 187 Å². The molecule has 2 aromatic carbocycles. The second-order valence-corrected chi connectivity index (χ2v) is 8.93. The number of rotatable bonds is 3. The summed E-state index contributed by atoms with van der Waals surface area (Å²) in [6.45, 7) is 3.95. The van der Waals surface area contributed by atoms with Crippen molar-refractivity contribution >= 4 is 26.9 Å². The van der Waals surface area contributed by atoms with E-state index in [4.69, 9.17) is 13.9 Å². The van der Waals surface area contributed by atoms with Crippen molar-refractivity contribution in [3.63, 3.8) is 0 Å². The van der Waals surface area contributed by atoms with Crippen LogP contribution in [0.1, 0.15) is 19.4 Å². The zero-order chi connectivity index (χ0) is 21.6. The minimum Gasteiger partial charge on any atom is -0.484 e. The fourth-order valence-electron chi connectivity index (χ4n) is 3.70. The molecule has 7 heteroatoms. The van der Waals surface area contributed by atoms with Crippen LogP contribution in [0.3, 0.4) is 0 Å². The van der Waals surface area contributed by atoms with Crippen LogP contribution in [0.15, 0.2) is 74.6 Å². The van der Waals surface area contributed by atoms with E-state index >= 15 is 0 Å². The Bertz CT molecular complexity index is 1330. The van der Waals surface area contributed by atoms with Crippen molar-refractivity contribution < 1.29 is 13.9 Å². The predicted octanol–water partition coefficient (Wildman–Crippen LogP) is 5.17. The summed E-state index contributed by atoms with van der Waals surface area (Å²) in [5.41, 5.74) is 2.28. The summed E-state index contributed by atoms with van der Waals surface area (Å²) in [4.78, 5) is 20.2. The molecule has 31 heavy (non-hydrogen) atoms. The summed E-state index contributed by atoms with van der Waals surface area (Å²) < 4.78 is 18.8. The van der Waals surface area contributed by atoms with Gasteiger partial charge in [-0.3, -0.25) is 0 Å². The molecule has 0 aliphatic carbocycles. The fraction of sp³-hybridized carbons (Fsp3) is 0.208. The first kappa shape index (κ1) is 19.8. The second kappa shape index (κ2) is 7.50. The lowest BCUT2D eigenvalue weighted by molar-refractivity contribution is -0.0287. The van der Waals surface area contributed by atoms with Crippen LogP contribution in [0.2, 0.25) is 0 Å². The van der Waals surface area contributed by atoms with Gasteiger partial charge >= 0.3 is 5.63 Å². The van der Waals surface area contributed by atoms with Gasteiger partial charge in [0.1, 0.15) is 29.4 Å². The molecule has 6 nitrogen and oxygen atoms in total. The molecule has 1 atom stereocenters. The average Bonchev–Trinajstić information content (AvgIpc) is 2.73. The molecule has 0 radical (unpaired) electrons. The highest BCUT2D eigenvalue weighted by molar-refractivity contribution is 9.10. The Balaban J connectivity index is 1.45. The molecule has 1 aliphatic rings. The molecule has 0 N–H and O–H groups in total. The molecular formula is C24H19BrN2O4. The van der Waals surface area contributed by atoms with Crippen LogP contribution in [0.25, 0.3) is 22.2 Å². The minimum absolute atomic E-state index is 0.263. The smallest absolute Gasteiger partial charge is 0.336 e. The largest absolute Gasteiger partial charge is 0.484 e. The lowest BCUT2D eigenvalue weighted by atomic mass is 9.90. The number of ether oxygens (including phenoxy) is 2. The molecule has 4 aromatic rings. The molecule has 0 bridgehead atoms. The van der Waals surface area contributed by atoms with Gasteiger partial charge in [0, 0.05) is 40.0 Å². The third kappa shape index (κ3) is 3.93. The van der Waals surface area contributed by atoms with Gasteiger partial charge in [0.2, 0.25) is 5.88 Å². The van der Waals surface area contributed by atoms with Crippen LogP contribution in [0, 0.1) is 0 Å². The summed E-state index contributed by atoms with van der Waals surface area (Å²) in [5.74, 6) is 1.19. The van der Waals surface area contributed by atoms with Gasteiger partial charge in [-0.1, -0.05) is 28.1 Å². The van der Waals surface area contributed by atoms with Crippen molar-refractivity contribution in [3.8, 4) is 22.9 Å². The lowest BCUT2D eigenvalue weighted by Gasteiger charge is -2.39. The quantitative estimate of drug-likeness (QED) is 0.378. The Morgan fingerprint density at radius 2 is 1.87 bits per heavy atom. The van der Waals surface area contributed by atoms with Crippen LogP contribution < -0.4 is 15.1 Å². The van der Waals surface area contributed by atoms with Crippen molar-refractivity contribution in [2.24, 2.45) is 0 Å². The highest BCUT2D eigenvalue weighted by Gasteiger charge is 2.39. The summed E-state index contributed by atoms with van der Waals surface area (Å²) in [6, 6.07) is 16.7. The van der Waals surface area contributed by atoms with E-state index in [0.717, 1.165) is 26.7 Å². The first-order chi connectivity index (χ1) is 14.9. The monoisotopic (exact) mass is 478 g/mol. The third-order valence-electron chi connectivity index (χ3n) is 5.40. The molecule has 0 fully saturated rings. The van der Waals surface area contributed by atoms with E-state index in [2.05, 4.69) is 25.9 Å². The van der Waals surface area contributed by atoms with E-state index < -0.39 is 5.60 Å². The molecule has 0 spiro atoms. The molecule has 0 unspecified atom stereocenters. The normalized spacial score (nSPS) is 17.1. The van der Waals surface area contributed by atoms with Crippen molar-refractivity contribution in [2.75, 3.05) is 0 Å². The van der Waals surface area contributed by atoms with E-state index in [9.17, 15) is 4.79 Å². The number of halogens is 1. The van der Waals surface area contributed by atoms with Crippen molar-refractivity contribution in [1.29, 1.82) is 0 Å². The Morgan fingerprint density at radius 3 is 2.68 bits per heavy atom. The van der Waals surface area contributed by atoms with E-state index in [1.807, 2.05) is 50.2 Å². The minimum atomic E-state index is -0.613. The number of aromatic nitrogens is 2. The van der Waals surface area contributed by atoms with Crippen molar-refractivity contribution in [3.05, 3.63) is 81.4 Å². The number of benzene rings is 2. The zero-order valence-corrected chi connectivity index (χ0v) is 18.5. The number of nitrogens with zero attached hydrogens (tertiary/aromatic N) is 2. The first-order valence-corrected chi connectivity index (χ1v) is 10.7. The lowest BCUT2D eigenvalue weighted by Crippen LogP contribution is -2.49. The molecule has 156 valence electrons. The molecular weight excluding hydrogens is 460 g/mol. The zero-order valence-electron chi connectivity index (χ0n) is 17.0. The maximum atomic E-state index is 11.5. The van der Waals surface area contributed by atoms with Gasteiger partial charge < -0.3 is 13.9 Å². The SMILES string of the molecule is CC1(C)Oc2cc3oc(=O)ccc3cc2C[C@@H]1Oc1cc(-c2ccc(Br)cc2)ncn1. The molecule has 0 saturated heterocycles. The van der Waals surface area contributed by atoms with E-state index in [-0.39, 0.29) is 11.7 Å². The van der Waals surface area contributed by atoms with E-state index in [1.165, 1.54) is 12.4 Å². The molecule has 0 saturated carbocycles. The molecule has 1 aliphatic heterocycles. The average molecular weight is 479 g/mol. The van der Waals surface area contributed by atoms with Crippen LogP contribution >= 0.6 is 15.9 Å². The summed E-state index contributed by atoms with van der Waals surface area (Å²) in [6.07, 6.45) is 1.88. The summed E-state index contributed by atoms with van der Waals surface area (Å²) in [7, 11) is 0. The number of hydrogen-bond donors (Lipinski definition) is 0. The Kier molecular flexibility index (Phi) is 4.78. The fourth-order valence-corrected chi connectivity index (χ4v) is 3.97. The summed E-state index contributed by atoms with van der Waals surface area (Å²) >= 11 is 3.45. The van der Waals surface area contributed by atoms with E-state index in [0.29, 0.717) is 23.6 Å². The maximum absolute atomic E-state index is 11.5. The second-order valence-electron chi connectivity index (χ2n) is 8.02. The van der Waals surface area contributed by atoms with Crippen LogP contribution in [0.4, 0.5) is 0 Å². The van der Waals surface area contributed by atoms with Gasteiger partial charge in [0.15, 0.2) is 0 Å². The number of hydrogen-bond acceptors (Lipinski definition) is 6. The van der Waals surface area contributed by atoms with Gasteiger partial charge in [-0.05, 0) is 43.7 Å². The van der Waals surface area contributed by atoms with Gasteiger partial charge in [0.25, 0.3) is 0 Å². The van der Waals surface area contributed by atoms with Gasteiger partial charge in [-0.2, -0.15) is 0 Å². The van der Waals surface area contributed by atoms with E-state index in [1.54, 1.807) is 12.1 Å². The van der Waals surface area contributed by atoms with Crippen LogP contribution in [-0.4, -0.2) is 21.7 Å². The third-order valence-corrected chi connectivity index (χ3v) is 5.93. The number of fused-ring (bicyclic) bond motifs is 2. The van der Waals surface area contributed by atoms with Gasteiger partial charge in [0.05, 0.1) is 5.69 Å². The molecule has 0 amide bonds. The highest BCUT2D eigenvalue weighted by atomic mass is 79.9. The topological polar surface area (TPSA) is 74.5 Å². The maximum Gasteiger partial charge on any atom is 0.336 e. The first-order valence-electron chi connectivity index (χ1n) is 9.88. The van der Waals surface area contributed by atoms with Gasteiger partial charge in [-0.15, -0.1) is 0 Å². The standard InChI is InChI=1S/C24H19BrN2O4/c1-24(2)21(10-16-9-15-5-8-23(28)29-19(15)12-20(16)31-24)30-22-11-18(26-13-27-22)14-3-6-17(25)7-4-14/h3-9,11-13,21H,10H2,1-2H3/t21-/m0/s1. The van der Waals surface area contributed by atoms with Crippen LogP contribution in [0.5, 0.6) is 11.6 Å². The van der Waals surface area contributed by atoms with Gasteiger partial charge in [-0.25, -0.2) is 14.8 Å². The van der Waals surface area contributed by atoms with Crippen molar-refractivity contribution in [1.82, 2.24) is 9.97 Å². The van der Waals surface area contributed by atoms with Crippen molar-refractivity contribution in [2.45, 2.75) is 32.0 Å². The van der Waals surface area contributed by atoms with Crippen LogP contribution in [-0.2, 0) is 6.42 Å². The Hall–Kier alpha value is -3.19. The highest BCUT2D eigenvalue weighted by Crippen LogP contribution is 2.37. The summed E-state index contributed by atoms with van der Waals surface area (Å²) in [5, 5.41) is 0.847. The molecule has 5 rings (SSSR count). The Morgan fingerprint density at radius 1 is 1.06 bits per heavy atom. The molecule has 3 heterocycles. The predicted molar refractivity (Wildman–Crippen MR) is 120 cm³/mol.